The molecule has 1 fully saturated rings. The Morgan fingerprint density at radius 2 is 2.13 bits per heavy atom. The SMILES string of the molecule is CC(C)Oc1ccc(OC2(C)C[C@H](C)N(C(=O)O)C[C@@H]2C)nc1. The zero-order valence-corrected chi connectivity index (χ0v) is 14.4. The molecule has 3 atom stereocenters. The van der Waals surface area contributed by atoms with Gasteiger partial charge in [-0.15, -0.1) is 0 Å². The second kappa shape index (κ2) is 6.64. The zero-order chi connectivity index (χ0) is 17.2. The quantitative estimate of drug-likeness (QED) is 0.919. The van der Waals surface area contributed by atoms with Gasteiger partial charge in [0.1, 0.15) is 11.4 Å². The molecular weight excluding hydrogens is 296 g/mol. The van der Waals surface area contributed by atoms with Crippen molar-refractivity contribution < 1.29 is 19.4 Å². The molecule has 1 aromatic rings. The first-order valence-corrected chi connectivity index (χ1v) is 8.02. The first kappa shape index (κ1) is 17.4. The van der Waals surface area contributed by atoms with Crippen molar-refractivity contribution in [2.75, 3.05) is 6.54 Å². The molecule has 23 heavy (non-hydrogen) atoms. The summed E-state index contributed by atoms with van der Waals surface area (Å²) in [6.45, 7) is 10.3. The molecule has 128 valence electrons. The lowest BCUT2D eigenvalue weighted by Crippen LogP contribution is -2.57. The molecular formula is C17H26N2O4. The Morgan fingerprint density at radius 1 is 1.43 bits per heavy atom. The van der Waals surface area contributed by atoms with Gasteiger partial charge >= 0.3 is 6.09 Å². The lowest BCUT2D eigenvalue weighted by Gasteiger charge is -2.46. The van der Waals surface area contributed by atoms with Gasteiger partial charge in [0.25, 0.3) is 0 Å². The van der Waals surface area contributed by atoms with E-state index in [9.17, 15) is 9.90 Å². The summed E-state index contributed by atoms with van der Waals surface area (Å²) < 4.78 is 11.7. The molecule has 0 saturated carbocycles. The third kappa shape index (κ3) is 4.06. The van der Waals surface area contributed by atoms with Gasteiger partial charge in [-0.1, -0.05) is 6.92 Å². The van der Waals surface area contributed by atoms with E-state index in [1.54, 1.807) is 12.3 Å². The Morgan fingerprint density at radius 3 is 2.65 bits per heavy atom. The van der Waals surface area contributed by atoms with Gasteiger partial charge in [0.05, 0.1) is 12.3 Å². The van der Waals surface area contributed by atoms with Crippen molar-refractivity contribution in [3.05, 3.63) is 18.3 Å². The summed E-state index contributed by atoms with van der Waals surface area (Å²) >= 11 is 0. The highest BCUT2D eigenvalue weighted by atomic mass is 16.5. The molecule has 1 aliphatic heterocycles. The molecule has 0 aromatic carbocycles. The van der Waals surface area contributed by atoms with E-state index in [-0.39, 0.29) is 18.1 Å². The standard InChI is InChI=1S/C17H26N2O4/c1-11(2)22-14-6-7-15(18-9-14)23-17(5)8-13(4)19(16(20)21)10-12(17)3/h6-7,9,11-13H,8,10H2,1-5H3,(H,20,21)/t12-,13-,17?/m0/s1. The Bertz CT molecular complexity index is 546. The normalized spacial score (nSPS) is 27.8. The topological polar surface area (TPSA) is 71.9 Å². The molecule has 0 spiro atoms. The number of hydrogen-bond donors (Lipinski definition) is 1. The predicted molar refractivity (Wildman–Crippen MR) is 87.0 cm³/mol. The average molecular weight is 322 g/mol. The van der Waals surface area contributed by atoms with Gasteiger partial charge in [-0.3, -0.25) is 0 Å². The van der Waals surface area contributed by atoms with Crippen LogP contribution in [0.2, 0.25) is 0 Å². The molecule has 0 bridgehead atoms. The summed E-state index contributed by atoms with van der Waals surface area (Å²) in [6, 6.07) is 3.55. The summed E-state index contributed by atoms with van der Waals surface area (Å²) in [5.74, 6) is 1.31. The molecule has 1 aromatic heterocycles. The fourth-order valence-electron chi connectivity index (χ4n) is 2.98. The molecule has 1 aliphatic rings. The fraction of sp³-hybridized carbons (Fsp3) is 0.647. The molecule has 6 heteroatoms. The van der Waals surface area contributed by atoms with E-state index in [0.29, 0.717) is 24.6 Å². The Hall–Kier alpha value is -1.98. The molecule has 1 unspecified atom stereocenters. The third-order valence-electron chi connectivity index (χ3n) is 4.41. The average Bonchev–Trinajstić information content (AvgIpc) is 2.44. The van der Waals surface area contributed by atoms with E-state index < -0.39 is 11.7 Å². The summed E-state index contributed by atoms with van der Waals surface area (Å²) in [7, 11) is 0. The second-order valence-corrected chi connectivity index (χ2v) is 6.80. The highest BCUT2D eigenvalue weighted by Gasteiger charge is 2.43. The molecule has 1 saturated heterocycles. The zero-order valence-electron chi connectivity index (χ0n) is 14.4. The number of likely N-dealkylation sites (tertiary alicyclic amines) is 1. The molecule has 0 aliphatic carbocycles. The van der Waals surface area contributed by atoms with Crippen LogP contribution in [0.15, 0.2) is 18.3 Å². The largest absolute Gasteiger partial charge is 0.489 e. The number of carbonyl (C=O) groups is 1. The molecule has 2 heterocycles. The molecule has 0 radical (unpaired) electrons. The van der Waals surface area contributed by atoms with E-state index in [0.717, 1.165) is 0 Å². The molecule has 6 nitrogen and oxygen atoms in total. The third-order valence-corrected chi connectivity index (χ3v) is 4.41. The van der Waals surface area contributed by atoms with Crippen molar-refractivity contribution in [1.82, 2.24) is 9.88 Å². The van der Waals surface area contributed by atoms with Crippen molar-refractivity contribution in [2.24, 2.45) is 5.92 Å². The van der Waals surface area contributed by atoms with E-state index in [4.69, 9.17) is 9.47 Å². The van der Waals surface area contributed by atoms with Crippen LogP contribution in [0.5, 0.6) is 11.6 Å². The Balaban J connectivity index is 2.07. The number of piperidine rings is 1. The summed E-state index contributed by atoms with van der Waals surface area (Å²) in [5.41, 5.74) is -0.446. The maximum atomic E-state index is 11.3. The fourth-order valence-corrected chi connectivity index (χ4v) is 2.98. The van der Waals surface area contributed by atoms with Crippen LogP contribution in [0.4, 0.5) is 4.79 Å². The summed E-state index contributed by atoms with van der Waals surface area (Å²) in [6.07, 6.45) is 1.51. The number of pyridine rings is 1. The number of amides is 1. The number of hydrogen-bond acceptors (Lipinski definition) is 4. The smallest absolute Gasteiger partial charge is 0.407 e. The van der Waals surface area contributed by atoms with Crippen LogP contribution in [-0.4, -0.2) is 45.4 Å². The minimum Gasteiger partial charge on any atom is -0.489 e. The van der Waals surface area contributed by atoms with E-state index in [1.807, 2.05) is 40.7 Å². The van der Waals surface area contributed by atoms with Crippen LogP contribution in [0.3, 0.4) is 0 Å². The van der Waals surface area contributed by atoms with Gasteiger partial charge in [0.15, 0.2) is 0 Å². The van der Waals surface area contributed by atoms with Crippen LogP contribution >= 0.6 is 0 Å². The van der Waals surface area contributed by atoms with Gasteiger partial charge in [0, 0.05) is 31.0 Å². The first-order chi connectivity index (χ1) is 10.7. The van der Waals surface area contributed by atoms with Crippen LogP contribution in [0.25, 0.3) is 0 Å². The van der Waals surface area contributed by atoms with Gasteiger partial charge in [-0.25, -0.2) is 9.78 Å². The highest BCUT2D eigenvalue weighted by molar-refractivity contribution is 5.65. The lowest BCUT2D eigenvalue weighted by atomic mass is 9.80. The lowest BCUT2D eigenvalue weighted by molar-refractivity contribution is -0.0473. The van der Waals surface area contributed by atoms with Crippen molar-refractivity contribution in [3.63, 3.8) is 0 Å². The van der Waals surface area contributed by atoms with Crippen molar-refractivity contribution >= 4 is 6.09 Å². The predicted octanol–water partition coefficient (Wildman–Crippen LogP) is 3.41. The van der Waals surface area contributed by atoms with Crippen molar-refractivity contribution in [2.45, 2.75) is 58.8 Å². The Labute approximate surface area is 137 Å². The van der Waals surface area contributed by atoms with E-state index in [1.165, 1.54) is 4.90 Å². The van der Waals surface area contributed by atoms with Gasteiger partial charge in [-0.05, 0) is 33.8 Å². The monoisotopic (exact) mass is 322 g/mol. The van der Waals surface area contributed by atoms with E-state index in [2.05, 4.69) is 4.98 Å². The minimum atomic E-state index is -0.875. The Kier molecular flexibility index (Phi) is 5.02. The second-order valence-electron chi connectivity index (χ2n) is 6.80. The maximum absolute atomic E-state index is 11.3. The number of aromatic nitrogens is 1. The minimum absolute atomic E-state index is 0.0724. The van der Waals surface area contributed by atoms with Crippen LogP contribution in [-0.2, 0) is 0 Å². The van der Waals surface area contributed by atoms with Crippen LogP contribution < -0.4 is 9.47 Å². The number of nitrogens with zero attached hydrogens (tertiary/aromatic N) is 2. The number of carboxylic acid groups (broad SMARTS) is 1. The van der Waals surface area contributed by atoms with Crippen molar-refractivity contribution in [1.29, 1.82) is 0 Å². The van der Waals surface area contributed by atoms with Crippen molar-refractivity contribution in [3.8, 4) is 11.6 Å². The van der Waals surface area contributed by atoms with Gasteiger partial charge in [0.2, 0.25) is 5.88 Å². The highest BCUT2D eigenvalue weighted by Crippen LogP contribution is 2.35. The van der Waals surface area contributed by atoms with Crippen LogP contribution in [0, 0.1) is 5.92 Å². The molecule has 2 rings (SSSR count). The maximum Gasteiger partial charge on any atom is 0.407 e. The van der Waals surface area contributed by atoms with E-state index >= 15 is 0 Å². The number of rotatable bonds is 4. The van der Waals surface area contributed by atoms with Crippen LogP contribution in [0.1, 0.15) is 41.0 Å². The molecule has 1 N–H and O–H groups in total. The number of ether oxygens (including phenoxy) is 2. The summed E-state index contributed by atoms with van der Waals surface area (Å²) in [4.78, 5) is 17.0. The summed E-state index contributed by atoms with van der Waals surface area (Å²) in [5, 5.41) is 9.25. The first-order valence-electron chi connectivity index (χ1n) is 8.02. The van der Waals surface area contributed by atoms with Gasteiger partial charge < -0.3 is 19.5 Å². The van der Waals surface area contributed by atoms with Gasteiger partial charge in [-0.2, -0.15) is 0 Å². The molecule has 1 amide bonds.